The van der Waals surface area contributed by atoms with E-state index in [0.29, 0.717) is 11.1 Å². The number of benzene rings is 2. The third-order valence-corrected chi connectivity index (χ3v) is 6.62. The summed E-state index contributed by atoms with van der Waals surface area (Å²) in [5.74, 6) is -1.10. The first-order valence-corrected chi connectivity index (χ1v) is 11.9. The van der Waals surface area contributed by atoms with E-state index in [1.807, 2.05) is 6.92 Å². The molecule has 0 bridgehead atoms. The number of alkyl halides is 3. The Kier molecular flexibility index (Phi) is 7.39. The molecule has 3 aromatic rings. The van der Waals surface area contributed by atoms with Crippen LogP contribution in [0, 0.1) is 6.92 Å². The number of nitrogens with zero attached hydrogens (tertiary/aromatic N) is 3. The minimum absolute atomic E-state index is 0.0294. The van der Waals surface area contributed by atoms with Crippen LogP contribution >= 0.6 is 0 Å². The molecule has 2 aromatic carbocycles. The van der Waals surface area contributed by atoms with Gasteiger partial charge in [-0.15, -0.1) is 4.31 Å². The number of aromatic nitrogens is 2. The fraction of sp³-hybridized carbons (Fsp3) is 0.208. The van der Waals surface area contributed by atoms with Crippen LogP contribution in [0.4, 0.5) is 18.0 Å². The van der Waals surface area contributed by atoms with Gasteiger partial charge in [0.25, 0.3) is 10.0 Å². The van der Waals surface area contributed by atoms with Crippen molar-refractivity contribution in [2.75, 3.05) is 6.61 Å². The molecule has 0 radical (unpaired) electrons. The van der Waals surface area contributed by atoms with Crippen LogP contribution in [0.5, 0.6) is 0 Å². The van der Waals surface area contributed by atoms with Gasteiger partial charge in [-0.2, -0.15) is 18.3 Å². The number of rotatable bonds is 6. The fourth-order valence-corrected chi connectivity index (χ4v) is 4.43. The zero-order valence-electron chi connectivity index (χ0n) is 19.5. The van der Waals surface area contributed by atoms with E-state index in [1.54, 1.807) is 31.2 Å². The van der Waals surface area contributed by atoms with Gasteiger partial charge in [0.05, 0.1) is 16.3 Å². The van der Waals surface area contributed by atoms with Gasteiger partial charge in [0.1, 0.15) is 6.61 Å². The van der Waals surface area contributed by atoms with Gasteiger partial charge in [0.2, 0.25) is 5.91 Å². The van der Waals surface area contributed by atoms with Crippen LogP contribution in [0.3, 0.4) is 0 Å². The summed E-state index contributed by atoms with van der Waals surface area (Å²) in [6.07, 6.45) is -6.11. The van der Waals surface area contributed by atoms with Gasteiger partial charge in [-0.3, -0.25) is 4.79 Å². The summed E-state index contributed by atoms with van der Waals surface area (Å²) >= 11 is 0. The summed E-state index contributed by atoms with van der Waals surface area (Å²) in [5.41, 5.74) is 0.926. The molecule has 12 heteroatoms. The Hall–Kier alpha value is -3.93. The molecule has 0 unspecified atom stereocenters. The van der Waals surface area contributed by atoms with Gasteiger partial charge < -0.3 is 4.74 Å². The summed E-state index contributed by atoms with van der Waals surface area (Å²) in [4.78, 5) is 23.8. The maximum Gasteiger partial charge on any atom is 0.435 e. The number of carbonyl (C=O) groups is 2. The first-order valence-electron chi connectivity index (χ1n) is 10.4. The molecular formula is C24H22F3N3O5S. The summed E-state index contributed by atoms with van der Waals surface area (Å²) in [5, 5.41) is 3.67. The second-order valence-electron chi connectivity index (χ2n) is 7.98. The van der Waals surface area contributed by atoms with Crippen LogP contribution in [0.25, 0.3) is 16.9 Å². The molecular weight excluding hydrogens is 499 g/mol. The molecule has 1 aromatic heterocycles. The van der Waals surface area contributed by atoms with E-state index in [4.69, 9.17) is 4.74 Å². The van der Waals surface area contributed by atoms with Gasteiger partial charge in [0.15, 0.2) is 5.69 Å². The highest BCUT2D eigenvalue weighted by Gasteiger charge is 2.36. The zero-order valence-corrected chi connectivity index (χ0v) is 20.4. The van der Waals surface area contributed by atoms with Crippen molar-refractivity contribution in [3.05, 3.63) is 78.0 Å². The number of amides is 2. The summed E-state index contributed by atoms with van der Waals surface area (Å²) in [7, 11) is -4.66. The van der Waals surface area contributed by atoms with Crippen LogP contribution in [0.1, 0.15) is 25.1 Å². The Bertz CT molecular complexity index is 1410. The number of hydrogen-bond acceptors (Lipinski definition) is 6. The molecule has 0 N–H and O–H groups in total. The molecule has 0 spiro atoms. The molecule has 190 valence electrons. The van der Waals surface area contributed by atoms with Gasteiger partial charge in [-0.1, -0.05) is 36.4 Å². The molecule has 2 amide bonds. The van der Waals surface area contributed by atoms with E-state index < -0.39 is 38.8 Å². The predicted molar refractivity (Wildman–Crippen MR) is 125 cm³/mol. The lowest BCUT2D eigenvalue weighted by Gasteiger charge is -2.19. The lowest BCUT2D eigenvalue weighted by Crippen LogP contribution is -2.41. The van der Waals surface area contributed by atoms with Crippen molar-refractivity contribution >= 4 is 22.0 Å². The second kappa shape index (κ2) is 9.97. The van der Waals surface area contributed by atoms with Crippen LogP contribution in [-0.4, -0.2) is 41.1 Å². The molecule has 8 nitrogen and oxygen atoms in total. The molecule has 0 aliphatic rings. The van der Waals surface area contributed by atoms with E-state index in [1.165, 1.54) is 12.1 Å². The standard InChI is InChI=1S/C24H22F3N3O5S/c1-15(2)14-35-23(32)30(17(4)31)36(33,34)20-11-9-19(10-12-20)29-21(13-22(28-29)24(25,26)27)18-7-5-16(3)6-8-18/h5-13H,1,14H2,2-4H3. The lowest BCUT2D eigenvalue weighted by atomic mass is 10.1. The number of aryl methyl sites for hydroxylation is 1. The SMILES string of the molecule is C=C(C)COC(=O)N(C(C)=O)S(=O)(=O)c1ccc(-n2nc(C(F)(F)F)cc2-c2ccc(C)cc2)cc1. The summed E-state index contributed by atoms with van der Waals surface area (Å²) < 4.78 is 72.0. The largest absolute Gasteiger partial charge is 0.444 e. The van der Waals surface area contributed by atoms with Crippen molar-refractivity contribution in [3.63, 3.8) is 0 Å². The van der Waals surface area contributed by atoms with Crippen LogP contribution in [0.15, 0.2) is 71.6 Å². The normalized spacial score (nSPS) is 11.7. The molecule has 1 heterocycles. The predicted octanol–water partition coefficient (Wildman–Crippen LogP) is 5.12. The number of carbonyl (C=O) groups excluding carboxylic acids is 2. The Morgan fingerprint density at radius 1 is 1.06 bits per heavy atom. The van der Waals surface area contributed by atoms with Crippen LogP contribution < -0.4 is 0 Å². The maximum atomic E-state index is 13.4. The second-order valence-corrected chi connectivity index (χ2v) is 9.77. The average Bonchev–Trinajstić information content (AvgIpc) is 3.24. The molecule has 0 saturated heterocycles. The molecule has 0 atom stereocenters. The highest BCUT2D eigenvalue weighted by Crippen LogP contribution is 2.33. The number of sulfonamides is 1. The van der Waals surface area contributed by atoms with Crippen molar-refractivity contribution < 1.29 is 35.9 Å². The molecule has 0 aliphatic heterocycles. The smallest absolute Gasteiger partial charge is 0.435 e. The first kappa shape index (κ1) is 26.7. The van der Waals surface area contributed by atoms with E-state index in [-0.39, 0.29) is 22.3 Å². The zero-order chi connectivity index (χ0) is 26.8. The summed E-state index contributed by atoms with van der Waals surface area (Å²) in [6.45, 7) is 7.50. The van der Waals surface area contributed by atoms with E-state index in [9.17, 15) is 31.2 Å². The molecule has 3 rings (SSSR count). The number of halogens is 3. The van der Waals surface area contributed by atoms with Crippen molar-refractivity contribution in [1.82, 2.24) is 14.1 Å². The monoisotopic (exact) mass is 521 g/mol. The quantitative estimate of drug-likeness (QED) is 0.418. The van der Waals surface area contributed by atoms with Gasteiger partial charge >= 0.3 is 12.3 Å². The van der Waals surface area contributed by atoms with Crippen LogP contribution in [-0.2, 0) is 25.7 Å². The maximum absolute atomic E-state index is 13.4. The Labute approximate surface area is 205 Å². The van der Waals surface area contributed by atoms with Crippen LogP contribution in [0.2, 0.25) is 0 Å². The lowest BCUT2D eigenvalue weighted by molar-refractivity contribution is -0.141. The fourth-order valence-electron chi connectivity index (χ4n) is 3.15. The topological polar surface area (TPSA) is 98.6 Å². The van der Waals surface area contributed by atoms with E-state index in [0.717, 1.165) is 35.4 Å². The highest BCUT2D eigenvalue weighted by atomic mass is 32.2. The van der Waals surface area contributed by atoms with Gasteiger partial charge in [0, 0.05) is 12.5 Å². The van der Waals surface area contributed by atoms with Crippen molar-refractivity contribution in [3.8, 4) is 16.9 Å². The minimum Gasteiger partial charge on any atom is -0.444 e. The van der Waals surface area contributed by atoms with E-state index in [2.05, 4.69) is 11.7 Å². The number of hydrogen-bond donors (Lipinski definition) is 0. The molecule has 0 fully saturated rings. The highest BCUT2D eigenvalue weighted by molar-refractivity contribution is 7.90. The van der Waals surface area contributed by atoms with Crippen molar-refractivity contribution in [2.24, 2.45) is 0 Å². The van der Waals surface area contributed by atoms with Gasteiger partial charge in [-0.05, 0) is 49.8 Å². The summed E-state index contributed by atoms with van der Waals surface area (Å²) in [6, 6.07) is 12.2. The Morgan fingerprint density at radius 3 is 2.14 bits per heavy atom. The third-order valence-electron chi connectivity index (χ3n) is 4.86. The molecule has 36 heavy (non-hydrogen) atoms. The number of imide groups is 1. The molecule has 0 aliphatic carbocycles. The Morgan fingerprint density at radius 2 is 1.64 bits per heavy atom. The number of ether oxygens (including phenoxy) is 1. The third kappa shape index (κ3) is 5.65. The Balaban J connectivity index is 2.03. The van der Waals surface area contributed by atoms with E-state index >= 15 is 0 Å². The van der Waals surface area contributed by atoms with Crippen molar-refractivity contribution in [1.29, 1.82) is 0 Å². The first-order chi connectivity index (χ1) is 16.7. The minimum atomic E-state index is -4.71. The average molecular weight is 522 g/mol. The van der Waals surface area contributed by atoms with Gasteiger partial charge in [-0.25, -0.2) is 17.9 Å². The molecule has 0 saturated carbocycles. The van der Waals surface area contributed by atoms with Crippen molar-refractivity contribution in [2.45, 2.75) is 31.8 Å².